The minimum atomic E-state index is -0.319. The molecule has 1 amide bonds. The number of hydrogen-bond acceptors (Lipinski definition) is 4. The van der Waals surface area contributed by atoms with Crippen LogP contribution in [0.3, 0.4) is 0 Å². The van der Waals surface area contributed by atoms with E-state index in [-0.39, 0.29) is 16.7 Å². The molecule has 0 bridgehead atoms. The van der Waals surface area contributed by atoms with Gasteiger partial charge in [0.05, 0.1) is 10.9 Å². The minimum Gasteiger partial charge on any atom is -0.355 e. The van der Waals surface area contributed by atoms with Gasteiger partial charge in [0.25, 0.3) is 5.91 Å². The van der Waals surface area contributed by atoms with Crippen LogP contribution < -0.4 is 16.1 Å². The summed E-state index contributed by atoms with van der Waals surface area (Å²) in [7, 11) is 1.55. The van der Waals surface area contributed by atoms with E-state index in [1.165, 1.54) is 6.07 Å². The predicted molar refractivity (Wildman–Crippen MR) is 115 cm³/mol. The number of para-hydroxylation sites is 2. The summed E-state index contributed by atoms with van der Waals surface area (Å²) in [6.07, 6.45) is 0. The van der Waals surface area contributed by atoms with Gasteiger partial charge in [-0.3, -0.25) is 14.2 Å². The highest BCUT2D eigenvalue weighted by Gasteiger charge is 2.19. The van der Waals surface area contributed by atoms with E-state index in [4.69, 9.17) is 0 Å². The van der Waals surface area contributed by atoms with Crippen molar-refractivity contribution in [3.8, 4) is 5.69 Å². The smallest absolute Gasteiger partial charge is 0.251 e. The van der Waals surface area contributed by atoms with Crippen molar-refractivity contribution >= 4 is 28.4 Å². The molecule has 0 spiro atoms. The molecule has 4 aromatic rings. The molecule has 6 nitrogen and oxygen atoms in total. The Hall–Kier alpha value is -3.93. The van der Waals surface area contributed by atoms with Gasteiger partial charge in [0.2, 0.25) is 0 Å². The first-order valence-electron chi connectivity index (χ1n) is 9.25. The summed E-state index contributed by atoms with van der Waals surface area (Å²) in [6, 6.07) is 22.4. The van der Waals surface area contributed by atoms with Crippen molar-refractivity contribution in [2.24, 2.45) is 0 Å². The van der Waals surface area contributed by atoms with Gasteiger partial charge in [-0.05, 0) is 37.3 Å². The van der Waals surface area contributed by atoms with Crippen LogP contribution in [0.5, 0.6) is 0 Å². The van der Waals surface area contributed by atoms with Gasteiger partial charge in [-0.25, -0.2) is 4.98 Å². The van der Waals surface area contributed by atoms with Crippen LogP contribution in [0.1, 0.15) is 16.1 Å². The molecule has 2 N–H and O–H groups in total. The molecule has 144 valence electrons. The monoisotopic (exact) mass is 384 g/mol. The maximum absolute atomic E-state index is 13.1. The summed E-state index contributed by atoms with van der Waals surface area (Å²) in [5.41, 5.74) is 2.80. The maximum atomic E-state index is 13.1. The van der Waals surface area contributed by atoms with Crippen molar-refractivity contribution in [3.63, 3.8) is 0 Å². The van der Waals surface area contributed by atoms with E-state index in [9.17, 15) is 9.59 Å². The third-order valence-electron chi connectivity index (χ3n) is 4.63. The Morgan fingerprint density at radius 2 is 1.62 bits per heavy atom. The number of aryl methyl sites for hydroxylation is 1. The Bertz CT molecular complexity index is 1250. The second-order valence-electron chi connectivity index (χ2n) is 6.64. The number of benzene rings is 2. The third-order valence-corrected chi connectivity index (χ3v) is 4.63. The molecule has 29 heavy (non-hydrogen) atoms. The van der Waals surface area contributed by atoms with Crippen LogP contribution in [-0.4, -0.2) is 22.5 Å². The largest absolute Gasteiger partial charge is 0.355 e. The Labute approximate surface area is 167 Å². The highest BCUT2D eigenvalue weighted by atomic mass is 16.1. The quantitative estimate of drug-likeness (QED) is 0.561. The van der Waals surface area contributed by atoms with E-state index >= 15 is 0 Å². The Balaban J connectivity index is 2.08. The lowest BCUT2D eigenvalue weighted by Crippen LogP contribution is -2.23. The highest BCUT2D eigenvalue weighted by molar-refractivity contribution is 6.06. The molecule has 0 aliphatic rings. The standard InChI is InChI=1S/C23H20N4O2/c1-15-13-18(23(29)24-2)21-19(28)14-20(26-16-9-5-3-6-10-16)27(22(21)25-15)17-11-7-4-8-12-17/h3-14,26H,1-2H3,(H,24,29). The Morgan fingerprint density at radius 3 is 2.28 bits per heavy atom. The first-order valence-corrected chi connectivity index (χ1v) is 9.25. The number of hydrogen-bond donors (Lipinski definition) is 2. The van der Waals surface area contributed by atoms with Gasteiger partial charge in [-0.2, -0.15) is 0 Å². The van der Waals surface area contributed by atoms with Crippen molar-refractivity contribution in [1.29, 1.82) is 0 Å². The molecule has 2 aromatic heterocycles. The van der Waals surface area contributed by atoms with Crippen LogP contribution in [0.4, 0.5) is 11.5 Å². The molecule has 0 saturated heterocycles. The fourth-order valence-electron chi connectivity index (χ4n) is 3.35. The SMILES string of the molecule is CNC(=O)c1cc(C)nc2c1c(=O)cc(Nc1ccccc1)n2-c1ccccc1. The van der Waals surface area contributed by atoms with Gasteiger partial charge in [-0.1, -0.05) is 36.4 Å². The van der Waals surface area contributed by atoms with E-state index in [1.807, 2.05) is 72.2 Å². The van der Waals surface area contributed by atoms with Gasteiger partial charge < -0.3 is 10.6 Å². The van der Waals surface area contributed by atoms with Crippen LogP contribution in [0.2, 0.25) is 0 Å². The zero-order chi connectivity index (χ0) is 20.4. The molecule has 0 saturated carbocycles. The van der Waals surface area contributed by atoms with E-state index in [2.05, 4.69) is 15.6 Å². The summed E-state index contributed by atoms with van der Waals surface area (Å²) in [4.78, 5) is 30.1. The number of aromatic nitrogens is 2. The molecule has 2 aromatic carbocycles. The average Bonchev–Trinajstić information content (AvgIpc) is 2.74. The average molecular weight is 384 g/mol. The number of nitrogens with one attached hydrogen (secondary N) is 2. The van der Waals surface area contributed by atoms with Gasteiger partial charge >= 0.3 is 0 Å². The first kappa shape index (κ1) is 18.4. The molecule has 0 aliphatic heterocycles. The zero-order valence-electron chi connectivity index (χ0n) is 16.1. The molecule has 0 aliphatic carbocycles. The van der Waals surface area contributed by atoms with Crippen LogP contribution in [0.15, 0.2) is 77.6 Å². The number of amides is 1. The molecular weight excluding hydrogens is 364 g/mol. The fraction of sp³-hybridized carbons (Fsp3) is 0.0870. The van der Waals surface area contributed by atoms with E-state index in [1.54, 1.807) is 13.1 Å². The van der Waals surface area contributed by atoms with Crippen LogP contribution in [0, 0.1) is 6.92 Å². The van der Waals surface area contributed by atoms with Crippen molar-refractivity contribution in [2.75, 3.05) is 12.4 Å². The maximum Gasteiger partial charge on any atom is 0.251 e. The molecular formula is C23H20N4O2. The van der Waals surface area contributed by atoms with Crippen molar-refractivity contribution < 1.29 is 4.79 Å². The van der Waals surface area contributed by atoms with Gasteiger partial charge in [-0.15, -0.1) is 0 Å². The molecule has 0 unspecified atom stereocenters. The predicted octanol–water partition coefficient (Wildman–Crippen LogP) is 3.80. The summed E-state index contributed by atoms with van der Waals surface area (Å²) >= 11 is 0. The number of carbonyl (C=O) groups excluding carboxylic acids is 1. The van der Waals surface area contributed by atoms with E-state index in [0.29, 0.717) is 22.7 Å². The number of carbonyl (C=O) groups is 1. The lowest BCUT2D eigenvalue weighted by molar-refractivity contribution is 0.0964. The Kier molecular flexibility index (Phi) is 4.83. The zero-order valence-corrected chi connectivity index (χ0v) is 16.1. The highest BCUT2D eigenvalue weighted by Crippen LogP contribution is 2.26. The minimum absolute atomic E-state index is 0.267. The van der Waals surface area contributed by atoms with E-state index < -0.39 is 0 Å². The third kappa shape index (κ3) is 3.48. The fourth-order valence-corrected chi connectivity index (χ4v) is 3.35. The van der Waals surface area contributed by atoms with Crippen molar-refractivity contribution in [2.45, 2.75) is 6.92 Å². The van der Waals surface area contributed by atoms with E-state index in [0.717, 1.165) is 11.4 Å². The summed E-state index contributed by atoms with van der Waals surface area (Å²) in [5.74, 6) is 0.252. The van der Waals surface area contributed by atoms with Crippen molar-refractivity contribution in [3.05, 3.63) is 94.3 Å². The molecule has 0 radical (unpaired) electrons. The van der Waals surface area contributed by atoms with Gasteiger partial charge in [0, 0.05) is 30.2 Å². The topological polar surface area (TPSA) is 76.0 Å². The Morgan fingerprint density at radius 1 is 0.966 bits per heavy atom. The van der Waals surface area contributed by atoms with Crippen LogP contribution in [0.25, 0.3) is 16.7 Å². The lowest BCUT2D eigenvalue weighted by atomic mass is 10.1. The number of pyridine rings is 2. The summed E-state index contributed by atoms with van der Waals surface area (Å²) in [6.45, 7) is 1.81. The number of fused-ring (bicyclic) bond motifs is 1. The van der Waals surface area contributed by atoms with Crippen LogP contribution in [-0.2, 0) is 0 Å². The van der Waals surface area contributed by atoms with Gasteiger partial charge in [0.15, 0.2) is 11.1 Å². The second kappa shape index (κ2) is 7.59. The second-order valence-corrected chi connectivity index (χ2v) is 6.64. The number of anilines is 2. The molecule has 2 heterocycles. The molecule has 4 rings (SSSR count). The first-order chi connectivity index (χ1) is 14.1. The summed E-state index contributed by atoms with van der Waals surface area (Å²) < 4.78 is 1.86. The normalized spacial score (nSPS) is 10.7. The van der Waals surface area contributed by atoms with Crippen LogP contribution >= 0.6 is 0 Å². The number of nitrogens with zero attached hydrogens (tertiary/aromatic N) is 2. The lowest BCUT2D eigenvalue weighted by Gasteiger charge is -2.19. The molecule has 0 fully saturated rings. The molecule has 6 heteroatoms. The molecule has 0 atom stereocenters. The van der Waals surface area contributed by atoms with Crippen molar-refractivity contribution in [1.82, 2.24) is 14.9 Å². The number of rotatable bonds is 4. The van der Waals surface area contributed by atoms with Gasteiger partial charge in [0.1, 0.15) is 5.82 Å². The summed E-state index contributed by atoms with van der Waals surface area (Å²) in [5, 5.41) is 6.21.